The van der Waals surface area contributed by atoms with Gasteiger partial charge >= 0.3 is 5.97 Å². The number of carboxylic acids is 1. The van der Waals surface area contributed by atoms with Gasteiger partial charge in [0.1, 0.15) is 5.69 Å². The van der Waals surface area contributed by atoms with Gasteiger partial charge in [-0.05, 0) is 36.5 Å². The van der Waals surface area contributed by atoms with Gasteiger partial charge in [-0.25, -0.2) is 4.79 Å². The number of nitrogens with one attached hydrogen (secondary N) is 1. The molecule has 0 bridgehead atoms. The van der Waals surface area contributed by atoms with Crippen LogP contribution in [-0.4, -0.2) is 26.8 Å². The molecule has 1 aromatic carbocycles. The summed E-state index contributed by atoms with van der Waals surface area (Å²) in [6.45, 7) is 6.53. The number of hydrogen-bond donors (Lipinski definition) is 2. The number of carbonyl (C=O) groups is 2. The van der Waals surface area contributed by atoms with Crippen molar-refractivity contribution in [3.05, 3.63) is 53.3 Å². The summed E-state index contributed by atoms with van der Waals surface area (Å²) in [5.74, 6) is -0.658. The number of nitrogens with zero attached hydrogens (tertiary/aromatic N) is 2. The highest BCUT2D eigenvalue weighted by molar-refractivity contribution is 5.85. The monoisotopic (exact) mass is 343 g/mol. The average molecular weight is 343 g/mol. The fourth-order valence-electron chi connectivity index (χ4n) is 2.65. The standard InChI is InChI=1S/C19H25N3O3/c1-4-13(2)15-5-7-16(8-6-15)14(3)21-18(23)10-12-22-17(19(24)25)9-11-20-22/h5-9,11,13-14H,4,10,12H2,1-3H3,(H,21,23)(H,24,25). The molecule has 0 fully saturated rings. The van der Waals surface area contributed by atoms with Crippen LogP contribution in [0.25, 0.3) is 0 Å². The minimum absolute atomic E-state index is 0.0847. The molecule has 2 atom stereocenters. The van der Waals surface area contributed by atoms with Gasteiger partial charge in [0.2, 0.25) is 5.91 Å². The van der Waals surface area contributed by atoms with E-state index >= 15 is 0 Å². The number of carbonyl (C=O) groups excluding carboxylic acids is 1. The predicted octanol–water partition coefficient (Wildman–Crippen LogP) is 3.36. The third kappa shape index (κ3) is 4.92. The molecule has 0 saturated carbocycles. The number of hydrogen-bond acceptors (Lipinski definition) is 3. The number of amides is 1. The minimum Gasteiger partial charge on any atom is -0.477 e. The van der Waals surface area contributed by atoms with E-state index in [-0.39, 0.29) is 30.6 Å². The molecule has 0 aliphatic carbocycles. The lowest BCUT2D eigenvalue weighted by Crippen LogP contribution is -2.28. The Bertz CT molecular complexity index is 722. The molecule has 0 aliphatic rings. The lowest BCUT2D eigenvalue weighted by Gasteiger charge is -2.16. The van der Waals surface area contributed by atoms with E-state index in [9.17, 15) is 9.59 Å². The third-order valence-corrected chi connectivity index (χ3v) is 4.48. The summed E-state index contributed by atoms with van der Waals surface area (Å²) in [5, 5.41) is 15.9. The molecule has 1 aromatic heterocycles. The average Bonchev–Trinajstić information content (AvgIpc) is 3.08. The molecule has 1 amide bonds. The van der Waals surface area contributed by atoms with E-state index in [0.29, 0.717) is 5.92 Å². The number of aromatic nitrogens is 2. The zero-order valence-electron chi connectivity index (χ0n) is 14.9. The van der Waals surface area contributed by atoms with Gasteiger partial charge in [0.15, 0.2) is 0 Å². The molecule has 2 unspecified atom stereocenters. The van der Waals surface area contributed by atoms with Crippen LogP contribution >= 0.6 is 0 Å². The van der Waals surface area contributed by atoms with Crippen molar-refractivity contribution in [3.8, 4) is 0 Å². The Hall–Kier alpha value is -2.63. The summed E-state index contributed by atoms with van der Waals surface area (Å²) in [6, 6.07) is 9.62. The fraction of sp³-hybridized carbons (Fsp3) is 0.421. The SMILES string of the molecule is CCC(C)c1ccc(C(C)NC(=O)CCn2nccc2C(=O)O)cc1. The van der Waals surface area contributed by atoms with Crippen molar-refractivity contribution in [2.75, 3.05) is 0 Å². The van der Waals surface area contributed by atoms with Crippen LogP contribution in [0.2, 0.25) is 0 Å². The molecule has 2 N–H and O–H groups in total. The summed E-state index contributed by atoms with van der Waals surface area (Å²) in [7, 11) is 0. The van der Waals surface area contributed by atoms with Crippen LogP contribution < -0.4 is 5.32 Å². The number of rotatable bonds is 8. The Balaban J connectivity index is 1.89. The molecule has 0 radical (unpaired) electrons. The van der Waals surface area contributed by atoms with Crippen molar-refractivity contribution >= 4 is 11.9 Å². The Labute approximate surface area is 147 Å². The van der Waals surface area contributed by atoms with E-state index in [4.69, 9.17) is 5.11 Å². The number of aromatic carboxylic acids is 1. The van der Waals surface area contributed by atoms with E-state index < -0.39 is 5.97 Å². The zero-order chi connectivity index (χ0) is 18.4. The van der Waals surface area contributed by atoms with Gasteiger partial charge < -0.3 is 10.4 Å². The lowest BCUT2D eigenvalue weighted by molar-refractivity contribution is -0.122. The molecular weight excluding hydrogens is 318 g/mol. The molecule has 2 aromatic rings. The van der Waals surface area contributed by atoms with Gasteiger partial charge in [-0.2, -0.15) is 5.10 Å². The maximum atomic E-state index is 12.1. The fourth-order valence-corrected chi connectivity index (χ4v) is 2.65. The molecule has 6 nitrogen and oxygen atoms in total. The lowest BCUT2D eigenvalue weighted by atomic mass is 9.96. The molecule has 2 rings (SSSR count). The smallest absolute Gasteiger partial charge is 0.354 e. The topological polar surface area (TPSA) is 84.2 Å². The van der Waals surface area contributed by atoms with E-state index in [1.54, 1.807) is 0 Å². The Morgan fingerprint density at radius 3 is 2.40 bits per heavy atom. The van der Waals surface area contributed by atoms with Crippen LogP contribution in [0.4, 0.5) is 0 Å². The van der Waals surface area contributed by atoms with Crippen LogP contribution in [-0.2, 0) is 11.3 Å². The van der Waals surface area contributed by atoms with Gasteiger partial charge in [0.05, 0.1) is 12.6 Å². The summed E-state index contributed by atoms with van der Waals surface area (Å²) >= 11 is 0. The van der Waals surface area contributed by atoms with Crippen LogP contribution in [0.3, 0.4) is 0 Å². The van der Waals surface area contributed by atoms with Crippen molar-refractivity contribution in [2.45, 2.75) is 52.1 Å². The second-order valence-electron chi connectivity index (χ2n) is 6.26. The van der Waals surface area contributed by atoms with Crippen LogP contribution in [0.5, 0.6) is 0 Å². The minimum atomic E-state index is -1.05. The summed E-state index contributed by atoms with van der Waals surface area (Å²) in [6.07, 6.45) is 2.69. The van der Waals surface area contributed by atoms with Crippen LogP contribution in [0.15, 0.2) is 36.5 Å². The highest BCUT2D eigenvalue weighted by atomic mass is 16.4. The first-order chi connectivity index (χ1) is 11.9. The van der Waals surface area contributed by atoms with Crippen molar-refractivity contribution in [1.29, 1.82) is 0 Å². The molecule has 1 heterocycles. The second-order valence-corrected chi connectivity index (χ2v) is 6.26. The van der Waals surface area contributed by atoms with E-state index in [1.165, 1.54) is 22.5 Å². The maximum Gasteiger partial charge on any atom is 0.354 e. The van der Waals surface area contributed by atoms with Crippen LogP contribution in [0.1, 0.15) is 67.2 Å². The van der Waals surface area contributed by atoms with Crippen LogP contribution in [0, 0.1) is 0 Å². The van der Waals surface area contributed by atoms with E-state index in [1.807, 2.05) is 19.1 Å². The zero-order valence-corrected chi connectivity index (χ0v) is 14.9. The highest BCUT2D eigenvalue weighted by Gasteiger charge is 2.13. The van der Waals surface area contributed by atoms with Crippen molar-refractivity contribution in [2.24, 2.45) is 0 Å². The molecule has 6 heteroatoms. The number of benzene rings is 1. The number of carboxylic acid groups (broad SMARTS) is 1. The molecule has 134 valence electrons. The van der Waals surface area contributed by atoms with E-state index in [2.05, 4.69) is 36.4 Å². The Morgan fingerprint density at radius 1 is 1.16 bits per heavy atom. The first-order valence-corrected chi connectivity index (χ1v) is 8.56. The van der Waals surface area contributed by atoms with E-state index in [0.717, 1.165) is 12.0 Å². The molecule has 0 aliphatic heterocycles. The van der Waals surface area contributed by atoms with Gasteiger partial charge in [-0.1, -0.05) is 38.1 Å². The maximum absolute atomic E-state index is 12.1. The highest BCUT2D eigenvalue weighted by Crippen LogP contribution is 2.21. The Morgan fingerprint density at radius 2 is 1.80 bits per heavy atom. The van der Waals surface area contributed by atoms with Gasteiger partial charge in [0, 0.05) is 12.6 Å². The predicted molar refractivity (Wildman–Crippen MR) is 95.5 cm³/mol. The first-order valence-electron chi connectivity index (χ1n) is 8.56. The molecule has 25 heavy (non-hydrogen) atoms. The molecule has 0 saturated heterocycles. The van der Waals surface area contributed by atoms with Crippen molar-refractivity contribution in [3.63, 3.8) is 0 Å². The molecule has 0 spiro atoms. The largest absolute Gasteiger partial charge is 0.477 e. The summed E-state index contributed by atoms with van der Waals surface area (Å²) in [5.41, 5.74) is 2.43. The molecular formula is C19H25N3O3. The normalized spacial score (nSPS) is 13.2. The third-order valence-electron chi connectivity index (χ3n) is 4.48. The number of aryl methyl sites for hydroxylation is 1. The quantitative estimate of drug-likeness (QED) is 0.770. The summed E-state index contributed by atoms with van der Waals surface area (Å²) < 4.78 is 1.33. The second kappa shape index (κ2) is 8.46. The van der Waals surface area contributed by atoms with Crippen molar-refractivity contribution in [1.82, 2.24) is 15.1 Å². The summed E-state index contributed by atoms with van der Waals surface area (Å²) in [4.78, 5) is 23.2. The van der Waals surface area contributed by atoms with Crippen molar-refractivity contribution < 1.29 is 14.7 Å². The van der Waals surface area contributed by atoms with Gasteiger partial charge in [-0.3, -0.25) is 9.48 Å². The Kier molecular flexibility index (Phi) is 6.33. The van der Waals surface area contributed by atoms with Gasteiger partial charge in [-0.15, -0.1) is 0 Å². The van der Waals surface area contributed by atoms with Gasteiger partial charge in [0.25, 0.3) is 0 Å². The first kappa shape index (κ1) is 18.7.